The first-order valence-corrected chi connectivity index (χ1v) is 22.8. The molecule has 17 nitrogen and oxygen atoms in total. The molecule has 6 bridgehead atoms. The van der Waals surface area contributed by atoms with Crippen molar-refractivity contribution in [3.8, 4) is 0 Å². The Morgan fingerprint density at radius 2 is 1.81 bits per heavy atom. The number of ketones is 1. The summed E-state index contributed by atoms with van der Waals surface area (Å²) in [6.45, 7) is 14.2. The van der Waals surface area contributed by atoms with Crippen LogP contribution in [-0.4, -0.2) is 150 Å². The van der Waals surface area contributed by atoms with Crippen molar-refractivity contribution in [3.63, 3.8) is 0 Å². The number of carbonyl (C=O) groups excluding carboxylic acids is 4. The highest BCUT2D eigenvalue weighted by Gasteiger charge is 2.61. The average molecular weight is 894 g/mol. The van der Waals surface area contributed by atoms with Gasteiger partial charge in [0.2, 0.25) is 0 Å². The van der Waals surface area contributed by atoms with Gasteiger partial charge in [-0.05, 0) is 78.7 Å². The number of carbonyl (C=O) groups is 4. The van der Waals surface area contributed by atoms with Gasteiger partial charge in [0, 0.05) is 47.8 Å². The highest BCUT2D eigenvalue weighted by molar-refractivity contribution is 5.92. The molecule has 6 heterocycles. The van der Waals surface area contributed by atoms with Crippen LogP contribution in [0.15, 0.2) is 41.7 Å². The molecule has 5 aliphatic rings. The van der Waals surface area contributed by atoms with E-state index in [2.05, 4.69) is 15.5 Å². The maximum Gasteiger partial charge on any atom is 0.411 e. The van der Waals surface area contributed by atoms with Gasteiger partial charge in [-0.3, -0.25) is 24.3 Å². The number of benzene rings is 1. The molecule has 0 aliphatic carbocycles. The Labute approximate surface area is 375 Å². The number of aliphatic hydroxyl groups is 1. The number of cyclic esters (lactones) is 1. The Bertz CT molecular complexity index is 2060. The lowest BCUT2D eigenvalue weighted by molar-refractivity contribution is -0.302. The summed E-state index contributed by atoms with van der Waals surface area (Å²) in [6, 6.07) is 8.34. The van der Waals surface area contributed by atoms with E-state index in [4.69, 9.17) is 33.3 Å². The second-order valence-electron chi connectivity index (χ2n) is 19.3. The van der Waals surface area contributed by atoms with Gasteiger partial charge < -0.3 is 48.6 Å². The number of Topliss-reactive ketones (excluding diaryl/α,β-unsaturated/α-hetero) is 1. The third-order valence-corrected chi connectivity index (χ3v) is 14.4. The fourth-order valence-electron chi connectivity index (χ4n) is 10.9. The van der Waals surface area contributed by atoms with Crippen LogP contribution in [0.1, 0.15) is 80.2 Å². The van der Waals surface area contributed by atoms with Crippen molar-refractivity contribution in [3.05, 3.63) is 42.1 Å². The first-order valence-electron chi connectivity index (χ1n) is 22.8. The number of hydrogen-bond donors (Lipinski definition) is 2. The summed E-state index contributed by atoms with van der Waals surface area (Å²) in [5, 5.41) is 20.1. The van der Waals surface area contributed by atoms with E-state index in [0.717, 1.165) is 16.5 Å². The van der Waals surface area contributed by atoms with Crippen LogP contribution >= 0.6 is 0 Å². The van der Waals surface area contributed by atoms with Crippen LogP contribution < -0.4 is 5.32 Å². The predicted molar refractivity (Wildman–Crippen MR) is 234 cm³/mol. The Morgan fingerprint density at radius 3 is 2.55 bits per heavy atom. The maximum atomic E-state index is 14.9. The Hall–Kier alpha value is -4.26. The van der Waals surface area contributed by atoms with Crippen LogP contribution in [0, 0.1) is 29.6 Å². The number of nitrogens with one attached hydrogen (secondary N) is 1. The van der Waals surface area contributed by atoms with E-state index in [1.807, 2.05) is 83.9 Å². The highest BCUT2D eigenvalue weighted by Crippen LogP contribution is 2.45. The first-order chi connectivity index (χ1) is 30.4. The number of amides is 2. The summed E-state index contributed by atoms with van der Waals surface area (Å²) in [5.41, 5.74) is -0.695. The van der Waals surface area contributed by atoms with Gasteiger partial charge in [-0.15, -0.1) is 0 Å². The van der Waals surface area contributed by atoms with Gasteiger partial charge in [0.1, 0.15) is 18.0 Å². The van der Waals surface area contributed by atoms with Crippen molar-refractivity contribution in [2.45, 2.75) is 141 Å². The molecule has 3 unspecified atom stereocenters. The van der Waals surface area contributed by atoms with E-state index >= 15 is 0 Å². The van der Waals surface area contributed by atoms with Crippen LogP contribution in [0.4, 0.5) is 4.79 Å². The van der Waals surface area contributed by atoms with Gasteiger partial charge >= 0.3 is 12.1 Å². The van der Waals surface area contributed by atoms with Crippen molar-refractivity contribution >= 4 is 40.4 Å². The molecular formula is C47H67N5O12. The van der Waals surface area contributed by atoms with Gasteiger partial charge in [0.15, 0.2) is 18.5 Å². The van der Waals surface area contributed by atoms with E-state index in [9.17, 15) is 24.3 Å². The van der Waals surface area contributed by atoms with Crippen LogP contribution in [0.25, 0.3) is 10.9 Å². The van der Waals surface area contributed by atoms with Crippen LogP contribution in [-0.2, 0) is 54.2 Å². The van der Waals surface area contributed by atoms with Gasteiger partial charge in [0.25, 0.3) is 5.91 Å². The van der Waals surface area contributed by atoms with Crippen molar-refractivity contribution in [1.29, 1.82) is 0 Å². The van der Waals surface area contributed by atoms with Crippen LogP contribution in [0.3, 0.4) is 0 Å². The second-order valence-corrected chi connectivity index (χ2v) is 19.3. The summed E-state index contributed by atoms with van der Waals surface area (Å²) < 4.78 is 39.7. The van der Waals surface area contributed by atoms with Crippen molar-refractivity contribution in [2.24, 2.45) is 34.7 Å². The number of likely N-dealkylation sites (N-methyl/N-ethyl adjacent to an activating group) is 1. The van der Waals surface area contributed by atoms with E-state index in [1.165, 1.54) is 4.90 Å². The van der Waals surface area contributed by atoms with E-state index < -0.39 is 102 Å². The molecule has 5 saturated heterocycles. The molecule has 352 valence electrons. The van der Waals surface area contributed by atoms with Gasteiger partial charge in [-0.1, -0.05) is 51.0 Å². The summed E-state index contributed by atoms with van der Waals surface area (Å²) >= 11 is 0. The molecule has 0 radical (unpaired) electrons. The number of aliphatic hydroxyl groups excluding tert-OH is 1. The molecule has 17 heteroatoms. The second kappa shape index (κ2) is 19.3. The third-order valence-electron chi connectivity index (χ3n) is 14.4. The Kier molecular flexibility index (Phi) is 14.4. The SMILES string of the molecule is CC[C@H]1OC(=O)[C@H](C)[C@H]2OCC3COC(C)(C[C@@H](C)C(=O)[C@H](C)[C@@H]4N(C/C3=N/OCC(=O)NCc3ccnc5ccccc35)C(=O)OC41C)[C@H](O[C@@H]1O[C@H](C)C[C@H](N(C)C)[C@H]1O)[C@H]2C. The number of nitrogens with zero attached hydrogens (tertiary/aromatic N) is 4. The zero-order valence-electron chi connectivity index (χ0n) is 38.9. The molecule has 7 rings (SSSR count). The number of esters is 1. The van der Waals surface area contributed by atoms with Crippen molar-refractivity contribution < 1.29 is 57.5 Å². The summed E-state index contributed by atoms with van der Waals surface area (Å²) in [5.74, 6) is -4.78. The quantitative estimate of drug-likeness (QED) is 0.268. The molecule has 5 fully saturated rings. The molecule has 2 amide bonds. The standard InChI is InChI=1S/C47H67N5O12/c1-11-36-47(8)41-27(4)38(54)25(2)19-46(7)42(63-44-39(55)35(51(9)10)18-26(3)61-44)28(5)40(29(6)43(56)62-36)58-22-31(23-59-46)34(21-52(41)45(57)64-47)50-60-24-37(53)49-20-30-16-17-48-33-15-13-12-14-32(30)33/h12-17,25-29,31,35-36,39-42,44,55H,11,18-24H2,1-10H3,(H,49,53)/b50-34-/t25-,26-,27+,28+,29-,31?,35+,36-,39-,40+,41+,42-,44+,46?,47?/m1/s1. The number of ether oxygens (including phenoxy) is 6. The zero-order valence-corrected chi connectivity index (χ0v) is 38.9. The van der Waals surface area contributed by atoms with E-state index in [1.54, 1.807) is 27.0 Å². The topological polar surface area (TPSA) is 197 Å². The van der Waals surface area contributed by atoms with Gasteiger partial charge in [-0.2, -0.15) is 0 Å². The van der Waals surface area contributed by atoms with Crippen molar-refractivity contribution in [1.82, 2.24) is 20.1 Å². The zero-order chi connectivity index (χ0) is 46.2. The molecule has 5 aliphatic heterocycles. The van der Waals surface area contributed by atoms with Crippen molar-refractivity contribution in [2.75, 3.05) is 40.5 Å². The number of pyridine rings is 1. The van der Waals surface area contributed by atoms with E-state index in [0.29, 0.717) is 12.1 Å². The minimum atomic E-state index is -1.45. The number of rotatable bonds is 9. The fourth-order valence-corrected chi connectivity index (χ4v) is 10.9. The summed E-state index contributed by atoms with van der Waals surface area (Å²) in [4.78, 5) is 70.5. The summed E-state index contributed by atoms with van der Waals surface area (Å²) in [6.07, 6.45) is -3.04. The lowest BCUT2D eigenvalue weighted by Crippen LogP contribution is -2.61. The Morgan fingerprint density at radius 1 is 1.06 bits per heavy atom. The molecule has 0 spiro atoms. The monoisotopic (exact) mass is 893 g/mol. The minimum absolute atomic E-state index is 0.0344. The molecule has 2 N–H and O–H groups in total. The molecule has 64 heavy (non-hydrogen) atoms. The highest BCUT2D eigenvalue weighted by atomic mass is 16.7. The third kappa shape index (κ3) is 9.38. The van der Waals surface area contributed by atoms with E-state index in [-0.39, 0.29) is 57.1 Å². The summed E-state index contributed by atoms with van der Waals surface area (Å²) in [7, 11) is 3.80. The number of oxime groups is 1. The van der Waals surface area contributed by atoms with Crippen LogP contribution in [0.5, 0.6) is 0 Å². The number of aromatic nitrogens is 1. The lowest BCUT2D eigenvalue weighted by Gasteiger charge is -2.48. The molecule has 1 aromatic carbocycles. The first kappa shape index (κ1) is 47.7. The minimum Gasteiger partial charge on any atom is -0.458 e. The van der Waals surface area contributed by atoms with Gasteiger partial charge in [0.05, 0.1) is 66.9 Å². The maximum absolute atomic E-state index is 14.9. The van der Waals surface area contributed by atoms with Gasteiger partial charge in [-0.25, -0.2) is 4.79 Å². The fraction of sp³-hybridized carbons (Fsp3) is 0.702. The molecular weight excluding hydrogens is 827 g/mol. The molecule has 15 atom stereocenters. The average Bonchev–Trinajstić information content (AvgIpc) is 3.54. The Balaban J connectivity index is 1.29. The molecule has 2 aromatic rings. The smallest absolute Gasteiger partial charge is 0.411 e. The van der Waals surface area contributed by atoms with Crippen LogP contribution in [0.2, 0.25) is 0 Å². The predicted octanol–water partition coefficient (Wildman–Crippen LogP) is 4.26. The largest absolute Gasteiger partial charge is 0.458 e. The number of para-hydroxylation sites is 1. The normalized spacial score (nSPS) is 39.1. The molecule has 0 saturated carbocycles. The lowest BCUT2D eigenvalue weighted by atomic mass is 9.73. The number of fused-ring (bicyclic) bond motifs is 6. The number of hydrogen-bond acceptors (Lipinski definition) is 15. The molecule has 1 aromatic heterocycles.